The number of nitrogens with one attached hydrogen (secondary N) is 1. The van der Waals surface area contributed by atoms with Crippen LogP contribution in [0.1, 0.15) is 26.3 Å². The topological polar surface area (TPSA) is 46.2 Å². The number of aldehydes is 1. The lowest BCUT2D eigenvalue weighted by Crippen LogP contribution is -2.12. The third-order valence-electron chi connectivity index (χ3n) is 2.76. The molecule has 0 aliphatic carbocycles. The van der Waals surface area contributed by atoms with Crippen molar-refractivity contribution in [3.63, 3.8) is 0 Å². The van der Waals surface area contributed by atoms with Crippen molar-refractivity contribution in [3.8, 4) is 0 Å². The molecule has 0 saturated heterocycles. The highest BCUT2D eigenvalue weighted by molar-refractivity contribution is 6.04. The van der Waals surface area contributed by atoms with Gasteiger partial charge in [-0.25, -0.2) is 4.39 Å². The minimum atomic E-state index is -0.405. The van der Waals surface area contributed by atoms with Crippen LogP contribution < -0.4 is 5.32 Å². The third kappa shape index (κ3) is 3.04. The number of rotatable bonds is 3. The molecular weight excluding hydrogens is 245 g/mol. The second-order valence-corrected chi connectivity index (χ2v) is 4.15. The van der Waals surface area contributed by atoms with Gasteiger partial charge in [0.2, 0.25) is 0 Å². The Hall–Kier alpha value is -2.49. The molecule has 2 aromatic rings. The largest absolute Gasteiger partial charge is 0.322 e. The first-order chi connectivity index (χ1) is 9.10. The lowest BCUT2D eigenvalue weighted by atomic mass is 10.1. The first kappa shape index (κ1) is 13.0. The summed E-state index contributed by atoms with van der Waals surface area (Å²) in [6.45, 7) is 1.78. The lowest BCUT2D eigenvalue weighted by molar-refractivity contribution is 0.102. The average molecular weight is 257 g/mol. The monoisotopic (exact) mass is 257 g/mol. The number of benzene rings is 2. The zero-order valence-electron chi connectivity index (χ0n) is 10.3. The van der Waals surface area contributed by atoms with E-state index >= 15 is 0 Å². The second-order valence-electron chi connectivity index (χ2n) is 4.15. The molecule has 0 saturated carbocycles. The van der Waals surface area contributed by atoms with Crippen molar-refractivity contribution < 1.29 is 14.0 Å². The Labute approximate surface area is 110 Å². The summed E-state index contributed by atoms with van der Waals surface area (Å²) in [5, 5.41) is 2.64. The zero-order chi connectivity index (χ0) is 13.8. The van der Waals surface area contributed by atoms with Crippen LogP contribution >= 0.6 is 0 Å². The molecule has 0 radical (unpaired) electrons. The Morgan fingerprint density at radius 1 is 1.16 bits per heavy atom. The Morgan fingerprint density at radius 3 is 2.47 bits per heavy atom. The van der Waals surface area contributed by atoms with E-state index in [1.54, 1.807) is 37.3 Å². The van der Waals surface area contributed by atoms with Crippen molar-refractivity contribution >= 4 is 17.9 Å². The smallest absolute Gasteiger partial charge is 0.255 e. The van der Waals surface area contributed by atoms with E-state index in [0.29, 0.717) is 23.1 Å². The van der Waals surface area contributed by atoms with Crippen molar-refractivity contribution in [2.45, 2.75) is 6.92 Å². The first-order valence-electron chi connectivity index (χ1n) is 5.73. The van der Waals surface area contributed by atoms with Gasteiger partial charge in [-0.05, 0) is 36.8 Å². The van der Waals surface area contributed by atoms with Gasteiger partial charge in [0.25, 0.3) is 5.91 Å². The maximum atomic E-state index is 13.1. The van der Waals surface area contributed by atoms with E-state index in [9.17, 15) is 14.0 Å². The molecule has 96 valence electrons. The maximum Gasteiger partial charge on any atom is 0.255 e. The van der Waals surface area contributed by atoms with Gasteiger partial charge in [-0.15, -0.1) is 0 Å². The van der Waals surface area contributed by atoms with E-state index in [1.807, 2.05) is 0 Å². The van der Waals surface area contributed by atoms with E-state index in [1.165, 1.54) is 12.1 Å². The number of carbonyl (C=O) groups is 2. The standard InChI is InChI=1S/C15H12FNO2/c1-10-2-7-13(16)8-14(10)17-15(19)12-5-3-11(9-18)4-6-12/h2-9H,1H3,(H,17,19). The predicted octanol–water partition coefficient (Wildman–Crippen LogP) is 3.20. The van der Waals surface area contributed by atoms with Gasteiger partial charge in [0, 0.05) is 16.8 Å². The van der Waals surface area contributed by atoms with Crippen LogP contribution in [0.5, 0.6) is 0 Å². The fraction of sp³-hybridized carbons (Fsp3) is 0.0667. The number of hydrogen-bond acceptors (Lipinski definition) is 2. The molecule has 2 aromatic carbocycles. The molecule has 0 bridgehead atoms. The zero-order valence-corrected chi connectivity index (χ0v) is 10.3. The fourth-order valence-electron chi connectivity index (χ4n) is 1.64. The number of carbonyl (C=O) groups excluding carboxylic acids is 2. The molecule has 0 fully saturated rings. The van der Waals surface area contributed by atoms with Gasteiger partial charge in [-0.2, -0.15) is 0 Å². The van der Waals surface area contributed by atoms with Gasteiger partial charge < -0.3 is 5.32 Å². The van der Waals surface area contributed by atoms with Crippen molar-refractivity contribution in [3.05, 3.63) is 65.0 Å². The molecule has 19 heavy (non-hydrogen) atoms. The third-order valence-corrected chi connectivity index (χ3v) is 2.76. The molecule has 0 aliphatic rings. The van der Waals surface area contributed by atoms with Crippen LogP contribution in [-0.4, -0.2) is 12.2 Å². The quantitative estimate of drug-likeness (QED) is 0.858. The van der Waals surface area contributed by atoms with E-state index in [2.05, 4.69) is 5.32 Å². The molecule has 4 heteroatoms. The summed E-state index contributed by atoms with van der Waals surface area (Å²) in [5.41, 5.74) is 2.12. The highest BCUT2D eigenvalue weighted by Gasteiger charge is 2.08. The molecule has 2 rings (SSSR count). The molecule has 3 nitrogen and oxygen atoms in total. The van der Waals surface area contributed by atoms with Crippen molar-refractivity contribution in [1.82, 2.24) is 0 Å². The van der Waals surface area contributed by atoms with Crippen LogP contribution in [0.2, 0.25) is 0 Å². The Kier molecular flexibility index (Phi) is 3.71. The van der Waals surface area contributed by atoms with Crippen LogP contribution in [0, 0.1) is 12.7 Å². The molecular formula is C15H12FNO2. The number of hydrogen-bond donors (Lipinski definition) is 1. The van der Waals surface area contributed by atoms with Crippen LogP contribution in [-0.2, 0) is 0 Å². The van der Waals surface area contributed by atoms with Gasteiger partial charge in [0.1, 0.15) is 12.1 Å². The number of aryl methyl sites for hydroxylation is 1. The van der Waals surface area contributed by atoms with Crippen LogP contribution in [0.4, 0.5) is 10.1 Å². The molecule has 1 N–H and O–H groups in total. The van der Waals surface area contributed by atoms with Crippen molar-refractivity contribution in [2.24, 2.45) is 0 Å². The van der Waals surface area contributed by atoms with E-state index in [4.69, 9.17) is 0 Å². The van der Waals surface area contributed by atoms with Gasteiger partial charge in [0.05, 0.1) is 0 Å². The van der Waals surface area contributed by atoms with Gasteiger partial charge in [-0.1, -0.05) is 18.2 Å². The summed E-state index contributed by atoms with van der Waals surface area (Å²) >= 11 is 0. The molecule has 0 aromatic heterocycles. The maximum absolute atomic E-state index is 13.1. The SMILES string of the molecule is Cc1ccc(F)cc1NC(=O)c1ccc(C=O)cc1. The van der Waals surface area contributed by atoms with E-state index in [-0.39, 0.29) is 5.91 Å². The molecule has 0 unspecified atom stereocenters. The van der Waals surface area contributed by atoms with Gasteiger partial charge in [0.15, 0.2) is 0 Å². The minimum Gasteiger partial charge on any atom is -0.322 e. The summed E-state index contributed by atoms with van der Waals surface area (Å²) in [5.74, 6) is -0.747. The Morgan fingerprint density at radius 2 is 1.84 bits per heavy atom. The first-order valence-corrected chi connectivity index (χ1v) is 5.73. The predicted molar refractivity (Wildman–Crippen MR) is 70.9 cm³/mol. The summed E-state index contributed by atoms with van der Waals surface area (Å²) < 4.78 is 13.1. The van der Waals surface area contributed by atoms with E-state index < -0.39 is 5.82 Å². The molecule has 0 aliphatic heterocycles. The minimum absolute atomic E-state index is 0.342. The highest BCUT2D eigenvalue weighted by Crippen LogP contribution is 2.17. The van der Waals surface area contributed by atoms with Crippen molar-refractivity contribution in [2.75, 3.05) is 5.32 Å². The highest BCUT2D eigenvalue weighted by atomic mass is 19.1. The molecule has 0 atom stereocenters. The van der Waals surface area contributed by atoms with Gasteiger partial charge >= 0.3 is 0 Å². The molecule has 0 spiro atoms. The summed E-state index contributed by atoms with van der Waals surface area (Å²) in [4.78, 5) is 22.5. The summed E-state index contributed by atoms with van der Waals surface area (Å²) in [6.07, 6.45) is 0.707. The summed E-state index contributed by atoms with van der Waals surface area (Å²) in [7, 11) is 0. The second kappa shape index (κ2) is 5.44. The van der Waals surface area contributed by atoms with Crippen LogP contribution in [0.25, 0.3) is 0 Å². The molecule has 0 heterocycles. The lowest BCUT2D eigenvalue weighted by Gasteiger charge is -2.08. The van der Waals surface area contributed by atoms with Crippen LogP contribution in [0.15, 0.2) is 42.5 Å². The van der Waals surface area contributed by atoms with Gasteiger partial charge in [-0.3, -0.25) is 9.59 Å². The van der Waals surface area contributed by atoms with E-state index in [0.717, 1.165) is 5.56 Å². The average Bonchev–Trinajstić information content (AvgIpc) is 2.43. The summed E-state index contributed by atoms with van der Waals surface area (Å²) in [6, 6.07) is 10.4. The Balaban J connectivity index is 2.20. The number of anilines is 1. The molecule has 1 amide bonds. The fourth-order valence-corrected chi connectivity index (χ4v) is 1.64. The van der Waals surface area contributed by atoms with Crippen molar-refractivity contribution in [1.29, 1.82) is 0 Å². The Bertz CT molecular complexity index is 621. The number of amides is 1. The normalized spacial score (nSPS) is 10.0. The number of halogens is 1. The van der Waals surface area contributed by atoms with Crippen LogP contribution in [0.3, 0.4) is 0 Å².